The highest BCUT2D eigenvalue weighted by atomic mass is 16.5. The van der Waals surface area contributed by atoms with E-state index < -0.39 is 0 Å². The lowest BCUT2D eigenvalue weighted by Crippen LogP contribution is -2.28. The normalized spacial score (nSPS) is 17.1. The number of likely N-dealkylation sites (tertiary alicyclic amines) is 1. The van der Waals surface area contributed by atoms with E-state index in [1.54, 1.807) is 14.2 Å². The first-order valence-electron chi connectivity index (χ1n) is 9.02. The molecule has 2 aromatic carbocycles. The highest BCUT2D eigenvalue weighted by molar-refractivity contribution is 5.90. The second kappa shape index (κ2) is 8.72. The third-order valence-corrected chi connectivity index (χ3v) is 4.84. The molecule has 1 unspecified atom stereocenters. The van der Waals surface area contributed by atoms with Crippen LogP contribution in [0.4, 0.5) is 5.69 Å². The summed E-state index contributed by atoms with van der Waals surface area (Å²) >= 11 is 0. The van der Waals surface area contributed by atoms with Crippen LogP contribution in [0.25, 0.3) is 0 Å². The van der Waals surface area contributed by atoms with Crippen molar-refractivity contribution in [3.63, 3.8) is 0 Å². The topological polar surface area (TPSA) is 50.8 Å². The molecule has 0 spiro atoms. The number of benzene rings is 2. The Bertz CT molecular complexity index is 733. The second-order valence-corrected chi connectivity index (χ2v) is 6.47. The molecule has 1 heterocycles. The Balaban J connectivity index is 1.64. The lowest BCUT2D eigenvalue weighted by atomic mass is 10.0. The van der Waals surface area contributed by atoms with E-state index in [1.165, 1.54) is 0 Å². The number of para-hydroxylation sites is 1. The quantitative estimate of drug-likeness (QED) is 0.820. The summed E-state index contributed by atoms with van der Waals surface area (Å²) in [6.45, 7) is 1.72. The summed E-state index contributed by atoms with van der Waals surface area (Å²) in [5.74, 6) is 1.74. The minimum atomic E-state index is 0.0412. The molecule has 0 aromatic heterocycles. The molecule has 0 bridgehead atoms. The molecule has 0 aliphatic carbocycles. The molecule has 0 radical (unpaired) electrons. The SMILES string of the molecule is COc1ccc(OC)c(C2CCCN2CCC(=O)Nc2ccccc2)c1. The molecule has 1 N–H and O–H groups in total. The van der Waals surface area contributed by atoms with E-state index in [0.717, 1.165) is 48.7 Å². The Morgan fingerprint density at radius 2 is 1.96 bits per heavy atom. The van der Waals surface area contributed by atoms with Gasteiger partial charge < -0.3 is 14.8 Å². The van der Waals surface area contributed by atoms with Crippen molar-refractivity contribution in [2.75, 3.05) is 32.6 Å². The van der Waals surface area contributed by atoms with Gasteiger partial charge >= 0.3 is 0 Å². The summed E-state index contributed by atoms with van der Waals surface area (Å²) < 4.78 is 10.9. The van der Waals surface area contributed by atoms with Crippen LogP contribution in [-0.4, -0.2) is 38.1 Å². The van der Waals surface area contributed by atoms with Gasteiger partial charge in [0.15, 0.2) is 0 Å². The van der Waals surface area contributed by atoms with E-state index in [2.05, 4.69) is 10.2 Å². The molecule has 2 aromatic rings. The summed E-state index contributed by atoms with van der Waals surface area (Å²) in [6.07, 6.45) is 2.65. The largest absolute Gasteiger partial charge is 0.497 e. The van der Waals surface area contributed by atoms with E-state index in [1.807, 2.05) is 48.5 Å². The van der Waals surface area contributed by atoms with Gasteiger partial charge in [0, 0.05) is 30.3 Å². The van der Waals surface area contributed by atoms with Crippen molar-refractivity contribution in [2.45, 2.75) is 25.3 Å². The Kier molecular flexibility index (Phi) is 6.12. The number of hydrogen-bond acceptors (Lipinski definition) is 4. The lowest BCUT2D eigenvalue weighted by molar-refractivity contribution is -0.116. The molecule has 1 atom stereocenters. The zero-order valence-corrected chi connectivity index (χ0v) is 15.4. The van der Waals surface area contributed by atoms with Gasteiger partial charge in [-0.3, -0.25) is 9.69 Å². The average molecular weight is 354 g/mol. The van der Waals surface area contributed by atoms with Crippen molar-refractivity contribution >= 4 is 11.6 Å². The van der Waals surface area contributed by atoms with Crippen molar-refractivity contribution < 1.29 is 14.3 Å². The first kappa shape index (κ1) is 18.3. The van der Waals surface area contributed by atoms with Gasteiger partial charge in [0.2, 0.25) is 5.91 Å². The number of nitrogens with one attached hydrogen (secondary N) is 1. The van der Waals surface area contributed by atoms with Crippen LogP contribution in [0, 0.1) is 0 Å². The van der Waals surface area contributed by atoms with Gasteiger partial charge in [0.1, 0.15) is 11.5 Å². The van der Waals surface area contributed by atoms with Crippen molar-refractivity contribution in [1.82, 2.24) is 4.90 Å². The van der Waals surface area contributed by atoms with Gasteiger partial charge in [-0.2, -0.15) is 0 Å². The summed E-state index contributed by atoms with van der Waals surface area (Å²) in [6, 6.07) is 15.7. The summed E-state index contributed by atoms with van der Waals surface area (Å²) in [7, 11) is 3.36. The standard InChI is InChI=1S/C21H26N2O3/c1-25-17-10-11-20(26-2)18(15-17)19-9-6-13-23(19)14-12-21(24)22-16-7-4-3-5-8-16/h3-5,7-8,10-11,15,19H,6,9,12-14H2,1-2H3,(H,22,24). The minimum absolute atomic E-state index is 0.0412. The molecule has 1 amide bonds. The summed E-state index contributed by atoms with van der Waals surface area (Å²) in [5.41, 5.74) is 1.97. The second-order valence-electron chi connectivity index (χ2n) is 6.47. The Morgan fingerprint density at radius 1 is 1.15 bits per heavy atom. The monoisotopic (exact) mass is 354 g/mol. The van der Waals surface area contributed by atoms with Gasteiger partial charge in [-0.1, -0.05) is 18.2 Å². The number of carbonyl (C=O) groups excluding carboxylic acids is 1. The fourth-order valence-corrected chi connectivity index (χ4v) is 3.54. The predicted molar refractivity (Wildman–Crippen MR) is 103 cm³/mol. The molecule has 5 heteroatoms. The van der Waals surface area contributed by atoms with Crippen molar-refractivity contribution in [3.8, 4) is 11.5 Å². The first-order chi connectivity index (χ1) is 12.7. The molecule has 5 nitrogen and oxygen atoms in total. The van der Waals surface area contributed by atoms with Crippen LogP contribution in [0.3, 0.4) is 0 Å². The highest BCUT2D eigenvalue weighted by Gasteiger charge is 2.28. The predicted octanol–water partition coefficient (Wildman–Crippen LogP) is 3.87. The fraction of sp³-hybridized carbons (Fsp3) is 0.381. The zero-order valence-electron chi connectivity index (χ0n) is 15.4. The van der Waals surface area contributed by atoms with Crippen molar-refractivity contribution in [2.24, 2.45) is 0 Å². The highest BCUT2D eigenvalue weighted by Crippen LogP contribution is 2.38. The van der Waals surface area contributed by atoms with E-state index in [0.29, 0.717) is 6.42 Å². The third-order valence-electron chi connectivity index (χ3n) is 4.84. The molecule has 26 heavy (non-hydrogen) atoms. The van der Waals surface area contributed by atoms with Crippen LogP contribution in [-0.2, 0) is 4.79 Å². The number of rotatable bonds is 7. The van der Waals surface area contributed by atoms with Crippen LogP contribution < -0.4 is 14.8 Å². The van der Waals surface area contributed by atoms with E-state index >= 15 is 0 Å². The molecule has 1 fully saturated rings. The first-order valence-corrected chi connectivity index (χ1v) is 9.02. The molecule has 3 rings (SSSR count). The number of ether oxygens (including phenoxy) is 2. The number of hydrogen-bond donors (Lipinski definition) is 1. The van der Waals surface area contributed by atoms with Crippen LogP contribution in [0.5, 0.6) is 11.5 Å². The molecular weight excluding hydrogens is 328 g/mol. The molecule has 138 valence electrons. The maximum Gasteiger partial charge on any atom is 0.225 e. The average Bonchev–Trinajstić information content (AvgIpc) is 3.15. The minimum Gasteiger partial charge on any atom is -0.497 e. The number of nitrogens with zero attached hydrogens (tertiary/aromatic N) is 1. The van der Waals surface area contributed by atoms with E-state index in [4.69, 9.17) is 9.47 Å². The van der Waals surface area contributed by atoms with Gasteiger partial charge in [0.05, 0.1) is 14.2 Å². The van der Waals surface area contributed by atoms with Gasteiger partial charge in [-0.05, 0) is 49.7 Å². The van der Waals surface area contributed by atoms with Crippen LogP contribution in [0.1, 0.15) is 30.9 Å². The number of carbonyl (C=O) groups is 1. The molecule has 1 aliphatic heterocycles. The van der Waals surface area contributed by atoms with Crippen LogP contribution in [0.2, 0.25) is 0 Å². The number of methoxy groups -OCH3 is 2. The summed E-state index contributed by atoms with van der Waals surface area (Å²) in [5, 5.41) is 2.95. The molecule has 1 aliphatic rings. The number of anilines is 1. The van der Waals surface area contributed by atoms with Gasteiger partial charge in [-0.15, -0.1) is 0 Å². The van der Waals surface area contributed by atoms with Gasteiger partial charge in [-0.25, -0.2) is 0 Å². The Hall–Kier alpha value is -2.53. The van der Waals surface area contributed by atoms with Crippen molar-refractivity contribution in [3.05, 3.63) is 54.1 Å². The van der Waals surface area contributed by atoms with Crippen LogP contribution in [0.15, 0.2) is 48.5 Å². The molecule has 0 saturated carbocycles. The summed E-state index contributed by atoms with van der Waals surface area (Å²) in [4.78, 5) is 14.6. The van der Waals surface area contributed by atoms with Crippen molar-refractivity contribution in [1.29, 1.82) is 0 Å². The zero-order chi connectivity index (χ0) is 18.4. The lowest BCUT2D eigenvalue weighted by Gasteiger charge is -2.26. The molecular formula is C21H26N2O3. The number of amides is 1. The fourth-order valence-electron chi connectivity index (χ4n) is 3.54. The van der Waals surface area contributed by atoms with E-state index in [9.17, 15) is 4.79 Å². The Morgan fingerprint density at radius 3 is 2.69 bits per heavy atom. The maximum atomic E-state index is 12.3. The maximum absolute atomic E-state index is 12.3. The van der Waals surface area contributed by atoms with Gasteiger partial charge in [0.25, 0.3) is 0 Å². The third kappa shape index (κ3) is 4.35. The Labute approximate surface area is 154 Å². The van der Waals surface area contributed by atoms with E-state index in [-0.39, 0.29) is 11.9 Å². The smallest absolute Gasteiger partial charge is 0.225 e. The molecule has 1 saturated heterocycles. The van der Waals surface area contributed by atoms with Crippen LogP contribution >= 0.6 is 0 Å².